The number of rotatable bonds is 0. The van der Waals surface area contributed by atoms with Gasteiger partial charge in [0, 0.05) is 23.9 Å². The zero-order chi connectivity index (χ0) is 15.4. The number of nitrogens with zero attached hydrogens (tertiary/aromatic N) is 2. The Morgan fingerprint density at radius 1 is 0.875 bits per heavy atom. The Morgan fingerprint density at radius 2 is 1.58 bits per heavy atom. The molecule has 0 saturated heterocycles. The van der Waals surface area contributed by atoms with Crippen LogP contribution in [-0.2, 0) is 6.42 Å². The van der Waals surface area contributed by atoms with E-state index in [1.807, 2.05) is 48.7 Å². The van der Waals surface area contributed by atoms with E-state index in [9.17, 15) is 0 Å². The van der Waals surface area contributed by atoms with Gasteiger partial charge >= 0.3 is 0 Å². The average Bonchev–Trinajstić information content (AvgIpc) is 3.22. The van der Waals surface area contributed by atoms with E-state index in [1.54, 1.807) is 0 Å². The van der Waals surface area contributed by atoms with Crippen LogP contribution in [-0.4, -0.2) is 11.5 Å². The van der Waals surface area contributed by atoms with Gasteiger partial charge in [-0.15, -0.1) is 0 Å². The van der Waals surface area contributed by atoms with E-state index in [1.165, 1.54) is 5.56 Å². The van der Waals surface area contributed by atoms with Gasteiger partial charge in [-0.25, -0.2) is 9.69 Å². The van der Waals surface area contributed by atoms with Crippen molar-refractivity contribution < 1.29 is 0 Å². The van der Waals surface area contributed by atoms with Crippen LogP contribution in [0.5, 0.6) is 0 Å². The zero-order valence-corrected chi connectivity index (χ0v) is 11.9. The van der Waals surface area contributed by atoms with Crippen molar-refractivity contribution in [3.05, 3.63) is 77.1 Å². The molecule has 1 aliphatic rings. The van der Waals surface area contributed by atoms with Crippen LogP contribution in [0.25, 0.3) is 20.6 Å². The molecule has 0 unspecified atom stereocenters. The standard InChI is InChI=1S/C9H8N2.C9H6N2.2CH4/c2*1-10-8-3-2-7-4-5-11-9(7)6-8;;/h2-3,6,11H,4-5H2;2-6,11H;2*1H4. The summed E-state index contributed by atoms with van der Waals surface area (Å²) in [6.45, 7) is 14.6. The van der Waals surface area contributed by atoms with E-state index >= 15 is 0 Å². The van der Waals surface area contributed by atoms with E-state index in [2.05, 4.69) is 20.0 Å². The van der Waals surface area contributed by atoms with E-state index < -0.39 is 0 Å². The summed E-state index contributed by atoms with van der Waals surface area (Å²) in [5.41, 5.74) is 4.90. The van der Waals surface area contributed by atoms with Crippen LogP contribution < -0.4 is 5.32 Å². The van der Waals surface area contributed by atoms with Crippen molar-refractivity contribution in [3.63, 3.8) is 0 Å². The van der Waals surface area contributed by atoms with Crippen LogP contribution in [0.3, 0.4) is 0 Å². The number of benzene rings is 2. The minimum Gasteiger partial charge on any atom is -0.386 e. The summed E-state index contributed by atoms with van der Waals surface area (Å²) in [6, 6.07) is 13.4. The van der Waals surface area contributed by atoms with Crippen LogP contribution in [0.15, 0.2) is 48.7 Å². The molecular formula is C20H22N4. The maximum absolute atomic E-state index is 6.80. The van der Waals surface area contributed by atoms with Crippen LogP contribution in [0.2, 0.25) is 0 Å². The Balaban J connectivity index is 0.000000222. The van der Waals surface area contributed by atoms with Crippen molar-refractivity contribution in [1.29, 1.82) is 0 Å². The van der Waals surface area contributed by atoms with Gasteiger partial charge < -0.3 is 10.3 Å². The highest BCUT2D eigenvalue weighted by atomic mass is 14.9. The summed E-state index contributed by atoms with van der Waals surface area (Å²) < 4.78 is 0. The van der Waals surface area contributed by atoms with Gasteiger partial charge in [0.2, 0.25) is 0 Å². The molecule has 1 aliphatic heterocycles. The molecule has 0 aliphatic carbocycles. The summed E-state index contributed by atoms with van der Waals surface area (Å²) >= 11 is 0. The molecule has 0 fully saturated rings. The second-order valence-electron chi connectivity index (χ2n) is 4.99. The Bertz CT molecular complexity index is 894. The summed E-state index contributed by atoms with van der Waals surface area (Å²) in [5.74, 6) is 0. The lowest BCUT2D eigenvalue weighted by Gasteiger charge is -1.97. The predicted octanol–water partition coefficient (Wildman–Crippen LogP) is 6.20. The number of H-pyrrole nitrogens is 1. The fraction of sp³-hybridized carbons (Fsp3) is 0.200. The Labute approximate surface area is 143 Å². The summed E-state index contributed by atoms with van der Waals surface area (Å²) in [4.78, 5) is 9.74. The molecule has 1 aromatic heterocycles. The van der Waals surface area contributed by atoms with Crippen molar-refractivity contribution in [3.8, 4) is 0 Å². The number of nitrogens with one attached hydrogen (secondary N) is 2. The molecule has 0 atom stereocenters. The van der Waals surface area contributed by atoms with Crippen LogP contribution in [0, 0.1) is 13.1 Å². The van der Waals surface area contributed by atoms with Gasteiger partial charge in [0.05, 0.1) is 13.1 Å². The maximum Gasteiger partial charge on any atom is 0.189 e. The second-order valence-corrected chi connectivity index (χ2v) is 4.99. The molecule has 2 N–H and O–H groups in total. The van der Waals surface area contributed by atoms with Crippen LogP contribution >= 0.6 is 0 Å². The number of aromatic nitrogens is 1. The first-order valence-corrected chi connectivity index (χ1v) is 6.99. The minimum absolute atomic E-state index is 0. The molecule has 0 bridgehead atoms. The maximum atomic E-state index is 6.80. The normalized spacial score (nSPS) is 10.6. The van der Waals surface area contributed by atoms with Crippen molar-refractivity contribution in [1.82, 2.24) is 4.98 Å². The Kier molecular flexibility index (Phi) is 6.59. The Hall–Kier alpha value is -3.24. The quantitative estimate of drug-likeness (QED) is 0.476. The number of hydrogen-bond donors (Lipinski definition) is 2. The van der Waals surface area contributed by atoms with E-state index in [0.29, 0.717) is 5.69 Å². The second kappa shape index (κ2) is 8.41. The number of hydrogen-bond acceptors (Lipinski definition) is 1. The van der Waals surface area contributed by atoms with E-state index in [-0.39, 0.29) is 14.9 Å². The van der Waals surface area contributed by atoms with Gasteiger partial charge in [0.25, 0.3) is 0 Å². The summed E-state index contributed by atoms with van der Waals surface area (Å²) in [7, 11) is 0. The first-order valence-electron chi connectivity index (χ1n) is 6.99. The molecule has 4 heteroatoms. The number of fused-ring (bicyclic) bond motifs is 2. The molecule has 2 aromatic carbocycles. The van der Waals surface area contributed by atoms with Gasteiger partial charge in [0.15, 0.2) is 11.4 Å². The third-order valence-electron chi connectivity index (χ3n) is 3.60. The summed E-state index contributed by atoms with van der Waals surface area (Å²) in [6.07, 6.45) is 2.96. The molecule has 0 spiro atoms. The number of aromatic amines is 1. The molecule has 122 valence electrons. The molecule has 0 radical (unpaired) electrons. The minimum atomic E-state index is 0. The average molecular weight is 318 g/mol. The van der Waals surface area contributed by atoms with Gasteiger partial charge in [-0.05, 0) is 35.6 Å². The fourth-order valence-electron chi connectivity index (χ4n) is 2.45. The molecule has 4 nitrogen and oxygen atoms in total. The molecular weight excluding hydrogens is 296 g/mol. The monoisotopic (exact) mass is 318 g/mol. The van der Waals surface area contributed by atoms with Crippen molar-refractivity contribution in [2.75, 3.05) is 11.9 Å². The first-order chi connectivity index (χ1) is 10.8. The topological polar surface area (TPSA) is 36.5 Å². The highest BCUT2D eigenvalue weighted by Gasteiger charge is 2.08. The third-order valence-corrected chi connectivity index (χ3v) is 3.60. The molecule has 4 rings (SSSR count). The van der Waals surface area contributed by atoms with Crippen molar-refractivity contribution in [2.45, 2.75) is 21.3 Å². The highest BCUT2D eigenvalue weighted by Crippen LogP contribution is 2.26. The predicted molar refractivity (Wildman–Crippen MR) is 103 cm³/mol. The molecule has 24 heavy (non-hydrogen) atoms. The number of anilines is 1. The van der Waals surface area contributed by atoms with E-state index in [0.717, 1.165) is 35.2 Å². The molecule has 3 aromatic rings. The third kappa shape index (κ3) is 3.94. The van der Waals surface area contributed by atoms with Crippen molar-refractivity contribution >= 4 is 28.0 Å². The molecule has 2 heterocycles. The van der Waals surface area contributed by atoms with Gasteiger partial charge in [0.1, 0.15) is 0 Å². The van der Waals surface area contributed by atoms with E-state index in [4.69, 9.17) is 13.1 Å². The Morgan fingerprint density at radius 3 is 2.33 bits per heavy atom. The fourth-order valence-corrected chi connectivity index (χ4v) is 2.45. The van der Waals surface area contributed by atoms with Gasteiger partial charge in [-0.2, -0.15) is 0 Å². The summed E-state index contributed by atoms with van der Waals surface area (Å²) in [5, 5.41) is 4.38. The zero-order valence-electron chi connectivity index (χ0n) is 11.9. The largest absolute Gasteiger partial charge is 0.386 e. The van der Waals surface area contributed by atoms with Crippen LogP contribution in [0.1, 0.15) is 20.4 Å². The van der Waals surface area contributed by atoms with Crippen LogP contribution in [0.4, 0.5) is 17.1 Å². The van der Waals surface area contributed by atoms with Crippen molar-refractivity contribution in [2.24, 2.45) is 0 Å². The molecule has 0 amide bonds. The highest BCUT2D eigenvalue weighted by molar-refractivity contribution is 5.82. The lowest BCUT2D eigenvalue weighted by molar-refractivity contribution is 1.11. The molecule has 0 saturated carbocycles. The lowest BCUT2D eigenvalue weighted by Crippen LogP contribution is -1.90. The smallest absolute Gasteiger partial charge is 0.189 e. The SMILES string of the molecule is C.C.[C-]#[N+]c1ccc2c(c1)NCC2.[C-]#[N+]c1ccc2cc[nH]c2c1. The van der Waals surface area contributed by atoms with Gasteiger partial charge in [-0.3, -0.25) is 0 Å². The van der Waals surface area contributed by atoms with Gasteiger partial charge in [-0.1, -0.05) is 39.1 Å². The lowest BCUT2D eigenvalue weighted by atomic mass is 10.1. The first kappa shape index (κ1) is 18.8.